The molecule has 4 heteroatoms. The Bertz CT molecular complexity index is 643. The zero-order valence-corrected chi connectivity index (χ0v) is 30.4. The van der Waals surface area contributed by atoms with Crippen LogP contribution in [-0.2, 0) is 14.3 Å². The second kappa shape index (κ2) is 37.1. The molecule has 0 saturated heterocycles. The fourth-order valence-corrected chi connectivity index (χ4v) is 6.24. The predicted molar refractivity (Wildman–Crippen MR) is 195 cm³/mol. The zero-order chi connectivity index (χ0) is 32.9. The molecular formula is C41H78O4. The van der Waals surface area contributed by atoms with Gasteiger partial charge < -0.3 is 9.84 Å². The Kier molecular flexibility index (Phi) is 36.1. The van der Waals surface area contributed by atoms with Gasteiger partial charge >= 0.3 is 11.9 Å². The molecule has 266 valence electrons. The van der Waals surface area contributed by atoms with Gasteiger partial charge in [-0.05, 0) is 64.2 Å². The Morgan fingerprint density at radius 2 is 0.800 bits per heavy atom. The highest BCUT2D eigenvalue weighted by Gasteiger charge is 2.14. The first-order valence-corrected chi connectivity index (χ1v) is 20.2. The number of carboxylic acids is 1. The van der Waals surface area contributed by atoms with Gasteiger partial charge in [0.05, 0.1) is 0 Å². The standard InChI is InChI=1S/C41H78O4/c1-3-5-7-9-11-12-13-14-15-20-23-26-30-34-38-41(44)45-39(35-31-27-10-8-6-4-2)36-32-28-24-21-18-16-17-19-22-25-29-33-37-40(42)43/h12-13,39H,3-11,14-38H2,1-2H3,(H,42,43)/b13-12-. The maximum atomic E-state index is 12.7. The third-order valence-electron chi connectivity index (χ3n) is 9.24. The summed E-state index contributed by atoms with van der Waals surface area (Å²) in [6.07, 6.45) is 45.3. The molecule has 45 heavy (non-hydrogen) atoms. The SMILES string of the molecule is CCCCCC/C=C\CCCCCCCCC(=O)OC(CCCCCCCC)CCCCCCCCCCCCCCC(=O)O. The normalized spacial score (nSPS) is 12.2. The van der Waals surface area contributed by atoms with E-state index in [1.54, 1.807) is 0 Å². The van der Waals surface area contributed by atoms with E-state index < -0.39 is 5.97 Å². The fourth-order valence-electron chi connectivity index (χ4n) is 6.24. The summed E-state index contributed by atoms with van der Waals surface area (Å²) in [6, 6.07) is 0. The first-order chi connectivity index (χ1) is 22.1. The lowest BCUT2D eigenvalue weighted by Gasteiger charge is -2.18. The highest BCUT2D eigenvalue weighted by atomic mass is 16.5. The Hall–Kier alpha value is -1.32. The number of unbranched alkanes of at least 4 members (excludes halogenated alkanes) is 26. The second-order valence-corrected chi connectivity index (χ2v) is 13.8. The summed E-state index contributed by atoms with van der Waals surface area (Å²) in [6.45, 7) is 4.53. The number of allylic oxidation sites excluding steroid dienone is 2. The average Bonchev–Trinajstić information content (AvgIpc) is 3.02. The van der Waals surface area contributed by atoms with E-state index in [0.717, 1.165) is 38.5 Å². The molecule has 0 aromatic rings. The molecule has 0 aliphatic rings. The van der Waals surface area contributed by atoms with Crippen LogP contribution in [0.3, 0.4) is 0 Å². The van der Waals surface area contributed by atoms with Crippen molar-refractivity contribution in [3.05, 3.63) is 12.2 Å². The predicted octanol–water partition coefficient (Wildman–Crippen LogP) is 13.8. The van der Waals surface area contributed by atoms with E-state index in [4.69, 9.17) is 9.84 Å². The van der Waals surface area contributed by atoms with Crippen LogP contribution in [0.2, 0.25) is 0 Å². The summed E-state index contributed by atoms with van der Waals surface area (Å²) in [5, 5.41) is 8.69. The summed E-state index contributed by atoms with van der Waals surface area (Å²) >= 11 is 0. The summed E-state index contributed by atoms with van der Waals surface area (Å²) < 4.78 is 6.03. The van der Waals surface area contributed by atoms with E-state index in [1.165, 1.54) is 167 Å². The van der Waals surface area contributed by atoms with Gasteiger partial charge in [-0.25, -0.2) is 0 Å². The smallest absolute Gasteiger partial charge is 0.306 e. The first-order valence-electron chi connectivity index (χ1n) is 20.2. The van der Waals surface area contributed by atoms with Crippen molar-refractivity contribution < 1.29 is 19.4 Å². The molecule has 0 fully saturated rings. The van der Waals surface area contributed by atoms with Crippen molar-refractivity contribution in [2.75, 3.05) is 0 Å². The van der Waals surface area contributed by atoms with Crippen LogP contribution in [-0.4, -0.2) is 23.1 Å². The summed E-state index contributed by atoms with van der Waals surface area (Å²) in [4.78, 5) is 23.2. The first kappa shape index (κ1) is 43.7. The summed E-state index contributed by atoms with van der Waals surface area (Å²) in [5.74, 6) is -0.629. The Morgan fingerprint density at radius 3 is 1.22 bits per heavy atom. The lowest BCUT2D eigenvalue weighted by Crippen LogP contribution is -2.18. The number of aliphatic carboxylic acids is 1. The number of hydrogen-bond donors (Lipinski definition) is 1. The van der Waals surface area contributed by atoms with Crippen molar-refractivity contribution in [2.45, 2.75) is 238 Å². The molecule has 0 bridgehead atoms. The molecule has 0 heterocycles. The van der Waals surface area contributed by atoms with Gasteiger partial charge in [-0.2, -0.15) is 0 Å². The van der Waals surface area contributed by atoms with E-state index in [9.17, 15) is 9.59 Å². The molecule has 0 aliphatic heterocycles. The highest BCUT2D eigenvalue weighted by molar-refractivity contribution is 5.69. The van der Waals surface area contributed by atoms with E-state index >= 15 is 0 Å². The van der Waals surface area contributed by atoms with Gasteiger partial charge in [-0.15, -0.1) is 0 Å². The number of carbonyl (C=O) groups excluding carboxylic acids is 1. The highest BCUT2D eigenvalue weighted by Crippen LogP contribution is 2.19. The van der Waals surface area contributed by atoms with Crippen molar-refractivity contribution in [2.24, 2.45) is 0 Å². The lowest BCUT2D eigenvalue weighted by molar-refractivity contribution is -0.150. The van der Waals surface area contributed by atoms with Crippen LogP contribution in [0.15, 0.2) is 12.2 Å². The van der Waals surface area contributed by atoms with Crippen LogP contribution < -0.4 is 0 Å². The van der Waals surface area contributed by atoms with Crippen molar-refractivity contribution in [3.63, 3.8) is 0 Å². The third-order valence-corrected chi connectivity index (χ3v) is 9.24. The number of rotatable bonds is 37. The minimum atomic E-state index is -0.668. The van der Waals surface area contributed by atoms with Gasteiger partial charge in [0.2, 0.25) is 0 Å². The quantitative estimate of drug-likeness (QED) is 0.0419. The molecule has 0 rings (SSSR count). The zero-order valence-electron chi connectivity index (χ0n) is 30.4. The molecule has 1 N–H and O–H groups in total. The second-order valence-electron chi connectivity index (χ2n) is 13.8. The Morgan fingerprint density at radius 1 is 0.467 bits per heavy atom. The van der Waals surface area contributed by atoms with Crippen LogP contribution >= 0.6 is 0 Å². The average molecular weight is 635 g/mol. The van der Waals surface area contributed by atoms with E-state index in [2.05, 4.69) is 26.0 Å². The van der Waals surface area contributed by atoms with Crippen LogP contribution in [0.25, 0.3) is 0 Å². The molecule has 1 unspecified atom stereocenters. The van der Waals surface area contributed by atoms with E-state index in [0.29, 0.717) is 12.8 Å². The summed E-state index contributed by atoms with van der Waals surface area (Å²) in [7, 11) is 0. The minimum absolute atomic E-state index is 0.0388. The Labute approximate surface area is 281 Å². The van der Waals surface area contributed by atoms with Crippen LogP contribution in [0, 0.1) is 0 Å². The fraction of sp³-hybridized carbons (Fsp3) is 0.902. The molecule has 1 atom stereocenters. The van der Waals surface area contributed by atoms with E-state index in [-0.39, 0.29) is 12.1 Å². The molecule has 0 spiro atoms. The molecule has 0 amide bonds. The number of carbonyl (C=O) groups is 2. The van der Waals surface area contributed by atoms with Gasteiger partial charge in [0.15, 0.2) is 0 Å². The number of carboxylic acid groups (broad SMARTS) is 1. The van der Waals surface area contributed by atoms with Crippen molar-refractivity contribution >= 4 is 11.9 Å². The third kappa shape index (κ3) is 37.0. The van der Waals surface area contributed by atoms with Gasteiger partial charge in [0, 0.05) is 12.8 Å². The minimum Gasteiger partial charge on any atom is -0.481 e. The Balaban J connectivity index is 3.92. The molecule has 4 nitrogen and oxygen atoms in total. The van der Waals surface area contributed by atoms with Crippen LogP contribution in [0.1, 0.15) is 232 Å². The van der Waals surface area contributed by atoms with Gasteiger partial charge in [-0.1, -0.05) is 167 Å². The molecule has 0 aromatic heterocycles. The number of hydrogen-bond acceptors (Lipinski definition) is 3. The largest absolute Gasteiger partial charge is 0.481 e. The van der Waals surface area contributed by atoms with Crippen LogP contribution in [0.4, 0.5) is 0 Å². The lowest BCUT2D eigenvalue weighted by atomic mass is 10.0. The summed E-state index contributed by atoms with van der Waals surface area (Å²) in [5.41, 5.74) is 0. The van der Waals surface area contributed by atoms with Crippen molar-refractivity contribution in [1.29, 1.82) is 0 Å². The van der Waals surface area contributed by atoms with E-state index in [1.807, 2.05) is 0 Å². The molecular weight excluding hydrogens is 556 g/mol. The number of ether oxygens (including phenoxy) is 1. The molecule has 0 aromatic carbocycles. The molecule has 0 saturated carbocycles. The maximum absolute atomic E-state index is 12.7. The van der Waals surface area contributed by atoms with Gasteiger partial charge in [-0.3, -0.25) is 9.59 Å². The van der Waals surface area contributed by atoms with Crippen molar-refractivity contribution in [1.82, 2.24) is 0 Å². The van der Waals surface area contributed by atoms with Gasteiger partial charge in [0.1, 0.15) is 6.10 Å². The van der Waals surface area contributed by atoms with Gasteiger partial charge in [0.25, 0.3) is 0 Å². The molecule has 0 aliphatic carbocycles. The van der Waals surface area contributed by atoms with Crippen LogP contribution in [0.5, 0.6) is 0 Å². The van der Waals surface area contributed by atoms with Crippen molar-refractivity contribution in [3.8, 4) is 0 Å². The maximum Gasteiger partial charge on any atom is 0.306 e. The molecule has 0 radical (unpaired) electrons. The number of esters is 1. The topological polar surface area (TPSA) is 63.6 Å². The monoisotopic (exact) mass is 635 g/mol.